The van der Waals surface area contributed by atoms with Crippen LogP contribution in [0.3, 0.4) is 0 Å². The number of anilines is 1. The minimum absolute atomic E-state index is 0.0913. The van der Waals surface area contributed by atoms with E-state index < -0.39 is 0 Å². The van der Waals surface area contributed by atoms with Gasteiger partial charge in [0.2, 0.25) is 11.9 Å². The van der Waals surface area contributed by atoms with Gasteiger partial charge in [-0.25, -0.2) is 9.97 Å². The van der Waals surface area contributed by atoms with Crippen molar-refractivity contribution in [1.82, 2.24) is 15.3 Å². The first-order chi connectivity index (χ1) is 8.15. The molecule has 1 saturated heterocycles. The molecule has 6 heteroatoms. The number of hydrogen-bond donors (Lipinski definition) is 2. The van der Waals surface area contributed by atoms with Crippen LogP contribution in [-0.4, -0.2) is 28.5 Å². The molecule has 0 aromatic carbocycles. The second kappa shape index (κ2) is 5.42. The smallest absolute Gasteiger partial charge is 0.243 e. The van der Waals surface area contributed by atoms with Crippen LogP contribution in [0.1, 0.15) is 25.0 Å². The molecular formula is C11H15ClN4O. The quantitative estimate of drug-likeness (QED) is 0.786. The number of carbonyl (C=O) groups is 1. The third-order valence-corrected chi connectivity index (χ3v) is 2.88. The third kappa shape index (κ3) is 3.38. The van der Waals surface area contributed by atoms with Gasteiger partial charge in [-0.15, -0.1) is 0 Å². The van der Waals surface area contributed by atoms with Crippen LogP contribution in [0.5, 0.6) is 0 Å². The SMILES string of the molecule is Cc1cc(Cl)nc(NC(=O)[C@@H]2CCCCN2)n1. The van der Waals surface area contributed by atoms with E-state index in [-0.39, 0.29) is 17.9 Å². The number of halogens is 1. The second-order valence-corrected chi connectivity index (χ2v) is 4.53. The Hall–Kier alpha value is -1.20. The van der Waals surface area contributed by atoms with Crippen LogP contribution < -0.4 is 10.6 Å². The molecule has 2 N–H and O–H groups in total. The van der Waals surface area contributed by atoms with Crippen LogP contribution in [0, 0.1) is 6.92 Å². The molecule has 1 aliphatic heterocycles. The van der Waals surface area contributed by atoms with E-state index in [9.17, 15) is 4.79 Å². The molecule has 1 fully saturated rings. The van der Waals surface area contributed by atoms with E-state index >= 15 is 0 Å². The summed E-state index contributed by atoms with van der Waals surface area (Å²) in [4.78, 5) is 20.0. The zero-order chi connectivity index (χ0) is 12.3. The van der Waals surface area contributed by atoms with Gasteiger partial charge in [-0.1, -0.05) is 18.0 Å². The fraction of sp³-hybridized carbons (Fsp3) is 0.545. The molecule has 1 aromatic rings. The predicted molar refractivity (Wildman–Crippen MR) is 66.1 cm³/mol. The van der Waals surface area contributed by atoms with Crippen LogP contribution in [0.2, 0.25) is 5.15 Å². The summed E-state index contributed by atoms with van der Waals surface area (Å²) in [6, 6.07) is 1.50. The highest BCUT2D eigenvalue weighted by Crippen LogP contribution is 2.12. The lowest BCUT2D eigenvalue weighted by atomic mass is 10.0. The highest BCUT2D eigenvalue weighted by atomic mass is 35.5. The van der Waals surface area contributed by atoms with E-state index in [1.165, 1.54) is 0 Å². The number of nitrogens with zero attached hydrogens (tertiary/aromatic N) is 2. The number of hydrogen-bond acceptors (Lipinski definition) is 4. The Kier molecular flexibility index (Phi) is 3.91. The van der Waals surface area contributed by atoms with Gasteiger partial charge in [0, 0.05) is 5.69 Å². The van der Waals surface area contributed by atoms with Crippen LogP contribution in [0.4, 0.5) is 5.95 Å². The molecule has 0 aliphatic carbocycles. The molecule has 2 heterocycles. The lowest BCUT2D eigenvalue weighted by molar-refractivity contribution is -0.118. The van der Waals surface area contributed by atoms with Crippen molar-refractivity contribution in [2.75, 3.05) is 11.9 Å². The van der Waals surface area contributed by atoms with Gasteiger partial charge in [-0.05, 0) is 32.4 Å². The molecule has 2 rings (SSSR count). The van der Waals surface area contributed by atoms with Crippen molar-refractivity contribution in [1.29, 1.82) is 0 Å². The molecule has 5 nitrogen and oxygen atoms in total. The number of carbonyl (C=O) groups excluding carboxylic acids is 1. The summed E-state index contributed by atoms with van der Waals surface area (Å²) in [5.74, 6) is 0.179. The van der Waals surface area contributed by atoms with Crippen LogP contribution in [0.25, 0.3) is 0 Å². The fourth-order valence-electron chi connectivity index (χ4n) is 1.86. The van der Waals surface area contributed by atoms with Crippen molar-refractivity contribution < 1.29 is 4.79 Å². The average Bonchev–Trinajstić information content (AvgIpc) is 2.28. The van der Waals surface area contributed by atoms with Crippen LogP contribution in [0.15, 0.2) is 6.07 Å². The van der Waals surface area contributed by atoms with Gasteiger partial charge >= 0.3 is 0 Å². The van der Waals surface area contributed by atoms with Crippen molar-refractivity contribution >= 4 is 23.5 Å². The molecule has 0 spiro atoms. The highest BCUT2D eigenvalue weighted by molar-refractivity contribution is 6.29. The van der Waals surface area contributed by atoms with E-state index in [2.05, 4.69) is 20.6 Å². The third-order valence-electron chi connectivity index (χ3n) is 2.68. The number of piperidine rings is 1. The Balaban J connectivity index is 2.01. The Labute approximate surface area is 105 Å². The van der Waals surface area contributed by atoms with E-state index in [1.54, 1.807) is 6.07 Å². The van der Waals surface area contributed by atoms with Gasteiger partial charge in [-0.2, -0.15) is 0 Å². The Bertz CT molecular complexity index is 398. The van der Waals surface area contributed by atoms with E-state index in [1.807, 2.05) is 6.92 Å². The highest BCUT2D eigenvalue weighted by Gasteiger charge is 2.21. The van der Waals surface area contributed by atoms with Crippen molar-refractivity contribution in [3.8, 4) is 0 Å². The molecule has 0 unspecified atom stereocenters. The minimum atomic E-state index is -0.147. The first-order valence-electron chi connectivity index (χ1n) is 5.70. The van der Waals surface area contributed by atoms with Gasteiger partial charge in [0.05, 0.1) is 6.04 Å². The number of nitrogens with one attached hydrogen (secondary N) is 2. The fourth-order valence-corrected chi connectivity index (χ4v) is 2.10. The lowest BCUT2D eigenvalue weighted by Gasteiger charge is -2.22. The van der Waals surface area contributed by atoms with Crippen molar-refractivity contribution in [2.45, 2.75) is 32.2 Å². The summed E-state index contributed by atoms with van der Waals surface area (Å²) < 4.78 is 0. The molecular weight excluding hydrogens is 240 g/mol. The van der Waals surface area contributed by atoms with Crippen molar-refractivity contribution in [2.24, 2.45) is 0 Å². The Morgan fingerprint density at radius 2 is 2.35 bits per heavy atom. The second-order valence-electron chi connectivity index (χ2n) is 4.15. The van der Waals surface area contributed by atoms with Crippen molar-refractivity contribution in [3.63, 3.8) is 0 Å². The summed E-state index contributed by atoms with van der Waals surface area (Å²) in [5.41, 5.74) is 0.733. The van der Waals surface area contributed by atoms with Gasteiger partial charge in [0.1, 0.15) is 5.15 Å². The molecule has 1 atom stereocenters. The zero-order valence-electron chi connectivity index (χ0n) is 9.66. The van der Waals surface area contributed by atoms with E-state index in [4.69, 9.17) is 11.6 Å². The van der Waals surface area contributed by atoms with Gasteiger partial charge < -0.3 is 5.32 Å². The Morgan fingerprint density at radius 1 is 1.53 bits per heavy atom. The topological polar surface area (TPSA) is 66.9 Å². The predicted octanol–water partition coefficient (Wildman–Crippen LogP) is 1.52. The first kappa shape index (κ1) is 12.3. The number of amides is 1. The Morgan fingerprint density at radius 3 is 3.00 bits per heavy atom. The summed E-state index contributed by atoms with van der Waals surface area (Å²) in [5, 5.41) is 6.19. The minimum Gasteiger partial charge on any atom is -0.306 e. The average molecular weight is 255 g/mol. The first-order valence-corrected chi connectivity index (χ1v) is 6.08. The molecule has 1 aromatic heterocycles. The number of rotatable bonds is 2. The van der Waals surface area contributed by atoms with Gasteiger partial charge in [0.15, 0.2) is 0 Å². The zero-order valence-corrected chi connectivity index (χ0v) is 10.4. The largest absolute Gasteiger partial charge is 0.306 e. The maximum atomic E-state index is 11.9. The molecule has 1 amide bonds. The summed E-state index contributed by atoms with van der Waals surface area (Å²) in [6.45, 7) is 2.69. The maximum absolute atomic E-state index is 11.9. The van der Waals surface area contributed by atoms with Crippen molar-refractivity contribution in [3.05, 3.63) is 16.9 Å². The molecule has 0 saturated carbocycles. The molecule has 1 aliphatic rings. The summed E-state index contributed by atoms with van der Waals surface area (Å²) in [6.07, 6.45) is 3.04. The monoisotopic (exact) mass is 254 g/mol. The standard InChI is InChI=1S/C11H15ClN4O/c1-7-6-9(12)15-11(14-7)16-10(17)8-4-2-3-5-13-8/h6,8,13H,2-5H2,1H3,(H,14,15,16,17)/t8-/m0/s1. The maximum Gasteiger partial charge on any atom is 0.243 e. The molecule has 0 bridgehead atoms. The molecule has 92 valence electrons. The molecule has 17 heavy (non-hydrogen) atoms. The number of aromatic nitrogens is 2. The van der Waals surface area contributed by atoms with Gasteiger partial charge in [0.25, 0.3) is 0 Å². The van der Waals surface area contributed by atoms with Gasteiger partial charge in [-0.3, -0.25) is 10.1 Å². The summed E-state index contributed by atoms with van der Waals surface area (Å²) in [7, 11) is 0. The van der Waals surface area contributed by atoms with Crippen LogP contribution >= 0.6 is 11.6 Å². The summed E-state index contributed by atoms with van der Waals surface area (Å²) >= 11 is 5.80. The lowest BCUT2D eigenvalue weighted by Crippen LogP contribution is -2.43. The van der Waals surface area contributed by atoms with Crippen LogP contribution in [-0.2, 0) is 4.79 Å². The molecule has 0 radical (unpaired) electrons. The normalized spacial score (nSPS) is 20.0. The van der Waals surface area contributed by atoms with E-state index in [0.29, 0.717) is 5.15 Å². The van der Waals surface area contributed by atoms with E-state index in [0.717, 1.165) is 31.5 Å². The number of aryl methyl sites for hydroxylation is 1.